The van der Waals surface area contributed by atoms with Gasteiger partial charge in [-0.1, -0.05) is 0 Å². The molecule has 1 aromatic heterocycles. The van der Waals surface area contributed by atoms with Gasteiger partial charge in [0.1, 0.15) is 5.82 Å². The highest BCUT2D eigenvalue weighted by molar-refractivity contribution is 5.06. The Labute approximate surface area is 121 Å². The molecule has 4 aliphatic rings. The van der Waals surface area contributed by atoms with Crippen molar-refractivity contribution >= 4 is 0 Å². The van der Waals surface area contributed by atoms with Gasteiger partial charge < -0.3 is 5.32 Å². The summed E-state index contributed by atoms with van der Waals surface area (Å²) in [6, 6.07) is 2.02. The van der Waals surface area contributed by atoms with E-state index in [-0.39, 0.29) is 0 Å². The Bertz CT molecular complexity index is 457. The van der Waals surface area contributed by atoms with Crippen LogP contribution in [0, 0.1) is 29.6 Å². The summed E-state index contributed by atoms with van der Waals surface area (Å²) in [5.41, 5.74) is 1.13. The van der Waals surface area contributed by atoms with Crippen LogP contribution in [0.1, 0.15) is 43.6 Å². The minimum Gasteiger partial charge on any atom is -0.314 e. The third-order valence-electron chi connectivity index (χ3n) is 5.96. The van der Waals surface area contributed by atoms with E-state index in [0.717, 1.165) is 54.1 Å². The van der Waals surface area contributed by atoms with Crippen molar-refractivity contribution in [1.82, 2.24) is 15.3 Å². The van der Waals surface area contributed by atoms with E-state index in [0.29, 0.717) is 0 Å². The van der Waals surface area contributed by atoms with Crippen LogP contribution in [0.5, 0.6) is 0 Å². The average Bonchev–Trinajstić information content (AvgIpc) is 2.43. The van der Waals surface area contributed by atoms with Crippen molar-refractivity contribution in [1.29, 1.82) is 0 Å². The lowest BCUT2D eigenvalue weighted by molar-refractivity contribution is -0.0367. The Morgan fingerprint density at radius 2 is 1.80 bits per heavy atom. The second-order valence-corrected chi connectivity index (χ2v) is 7.29. The highest BCUT2D eigenvalue weighted by atomic mass is 14.9. The first-order valence-corrected chi connectivity index (χ1v) is 8.27. The second-order valence-electron chi connectivity index (χ2n) is 7.29. The molecule has 3 nitrogen and oxygen atoms in total. The SMILES string of the molecule is CNCc1ccnc(CC2C3CC4CC(C3)CC2C4)n1. The van der Waals surface area contributed by atoms with Gasteiger partial charge >= 0.3 is 0 Å². The van der Waals surface area contributed by atoms with E-state index in [4.69, 9.17) is 4.98 Å². The number of nitrogens with zero attached hydrogens (tertiary/aromatic N) is 2. The van der Waals surface area contributed by atoms with Gasteiger partial charge in [-0.25, -0.2) is 9.97 Å². The molecule has 0 saturated heterocycles. The zero-order valence-corrected chi connectivity index (χ0v) is 12.4. The highest BCUT2D eigenvalue weighted by Gasteiger charge is 2.48. The van der Waals surface area contributed by atoms with Crippen molar-refractivity contribution in [2.75, 3.05) is 7.05 Å². The smallest absolute Gasteiger partial charge is 0.128 e. The highest BCUT2D eigenvalue weighted by Crippen LogP contribution is 2.57. The molecule has 5 rings (SSSR count). The molecule has 1 heterocycles. The van der Waals surface area contributed by atoms with Gasteiger partial charge in [0, 0.05) is 19.2 Å². The summed E-state index contributed by atoms with van der Waals surface area (Å²) in [5, 5.41) is 3.18. The van der Waals surface area contributed by atoms with Crippen LogP contribution in [0.4, 0.5) is 0 Å². The fourth-order valence-electron chi connectivity index (χ4n) is 5.40. The zero-order chi connectivity index (χ0) is 13.5. The molecule has 0 aliphatic heterocycles. The quantitative estimate of drug-likeness (QED) is 0.915. The topological polar surface area (TPSA) is 37.8 Å². The van der Waals surface area contributed by atoms with Crippen molar-refractivity contribution in [2.45, 2.75) is 45.1 Å². The van der Waals surface area contributed by atoms with E-state index in [1.165, 1.54) is 32.1 Å². The number of nitrogens with one attached hydrogen (secondary N) is 1. The Morgan fingerprint density at radius 1 is 1.10 bits per heavy atom. The van der Waals surface area contributed by atoms with E-state index >= 15 is 0 Å². The van der Waals surface area contributed by atoms with Crippen molar-refractivity contribution < 1.29 is 0 Å². The summed E-state index contributed by atoms with van der Waals surface area (Å²) in [6.07, 6.45) is 10.6. The van der Waals surface area contributed by atoms with Crippen LogP contribution in [-0.4, -0.2) is 17.0 Å². The van der Waals surface area contributed by atoms with Crippen LogP contribution in [0.25, 0.3) is 0 Å². The first-order valence-electron chi connectivity index (χ1n) is 8.27. The van der Waals surface area contributed by atoms with Crippen LogP contribution < -0.4 is 5.32 Å². The van der Waals surface area contributed by atoms with Crippen molar-refractivity contribution in [3.8, 4) is 0 Å². The van der Waals surface area contributed by atoms with Gasteiger partial charge in [0.2, 0.25) is 0 Å². The van der Waals surface area contributed by atoms with E-state index < -0.39 is 0 Å². The first kappa shape index (κ1) is 12.8. The molecule has 108 valence electrons. The Morgan fingerprint density at radius 3 is 2.45 bits per heavy atom. The molecule has 4 aliphatic carbocycles. The molecule has 4 fully saturated rings. The van der Waals surface area contributed by atoms with Crippen LogP contribution in [0.15, 0.2) is 12.3 Å². The normalized spacial score (nSPS) is 38.4. The molecular weight excluding hydrogens is 246 g/mol. The maximum Gasteiger partial charge on any atom is 0.128 e. The molecule has 1 aromatic rings. The van der Waals surface area contributed by atoms with Gasteiger partial charge in [0.05, 0.1) is 5.69 Å². The van der Waals surface area contributed by atoms with E-state index in [1.54, 1.807) is 0 Å². The average molecular weight is 271 g/mol. The van der Waals surface area contributed by atoms with Crippen LogP contribution >= 0.6 is 0 Å². The summed E-state index contributed by atoms with van der Waals surface area (Å²) in [5.74, 6) is 6.02. The van der Waals surface area contributed by atoms with Gasteiger partial charge in [-0.3, -0.25) is 0 Å². The lowest BCUT2D eigenvalue weighted by atomic mass is 9.51. The van der Waals surface area contributed by atoms with Crippen molar-refractivity contribution in [3.63, 3.8) is 0 Å². The molecule has 0 amide bonds. The number of hydrogen-bond donors (Lipinski definition) is 1. The minimum atomic E-state index is 0.844. The molecule has 4 saturated carbocycles. The molecule has 0 spiro atoms. The number of hydrogen-bond acceptors (Lipinski definition) is 3. The lowest BCUT2D eigenvalue weighted by Gasteiger charge is -2.54. The molecule has 1 N–H and O–H groups in total. The van der Waals surface area contributed by atoms with E-state index in [9.17, 15) is 0 Å². The molecule has 20 heavy (non-hydrogen) atoms. The number of rotatable bonds is 4. The molecule has 0 radical (unpaired) electrons. The van der Waals surface area contributed by atoms with Gasteiger partial charge in [0.25, 0.3) is 0 Å². The summed E-state index contributed by atoms with van der Waals surface area (Å²) in [4.78, 5) is 9.27. The van der Waals surface area contributed by atoms with Crippen LogP contribution in [0.3, 0.4) is 0 Å². The first-order chi connectivity index (χ1) is 9.81. The summed E-state index contributed by atoms with van der Waals surface area (Å²) >= 11 is 0. The zero-order valence-electron chi connectivity index (χ0n) is 12.4. The summed E-state index contributed by atoms with van der Waals surface area (Å²) < 4.78 is 0. The van der Waals surface area contributed by atoms with Gasteiger partial charge in [0.15, 0.2) is 0 Å². The third-order valence-corrected chi connectivity index (χ3v) is 5.96. The maximum absolute atomic E-state index is 4.74. The third kappa shape index (κ3) is 2.26. The maximum atomic E-state index is 4.74. The monoisotopic (exact) mass is 271 g/mol. The Balaban J connectivity index is 1.50. The van der Waals surface area contributed by atoms with Crippen molar-refractivity contribution in [2.24, 2.45) is 29.6 Å². The summed E-state index contributed by atoms with van der Waals surface area (Å²) in [6.45, 7) is 0.844. The predicted molar refractivity (Wildman–Crippen MR) is 79.0 cm³/mol. The fourth-order valence-corrected chi connectivity index (χ4v) is 5.40. The standard InChI is InChI=1S/C17H25N3/c1-18-10-15-2-3-19-17(20-15)9-16-13-5-11-4-12(7-13)8-14(16)6-11/h2-3,11-14,16,18H,4-10H2,1H3. The van der Waals surface area contributed by atoms with Crippen LogP contribution in [0.2, 0.25) is 0 Å². The van der Waals surface area contributed by atoms with Gasteiger partial charge in [-0.2, -0.15) is 0 Å². The fraction of sp³-hybridized carbons (Fsp3) is 0.765. The molecular formula is C17H25N3. The van der Waals surface area contributed by atoms with Crippen molar-refractivity contribution in [3.05, 3.63) is 23.8 Å². The Kier molecular flexibility index (Phi) is 3.25. The van der Waals surface area contributed by atoms with Gasteiger partial charge in [-0.05, 0) is 74.8 Å². The molecule has 0 unspecified atom stereocenters. The molecule has 0 aromatic carbocycles. The predicted octanol–water partition coefficient (Wildman–Crippen LogP) is 2.81. The molecule has 0 atom stereocenters. The number of aromatic nitrogens is 2. The Hall–Kier alpha value is -0.960. The second kappa shape index (κ2) is 5.10. The van der Waals surface area contributed by atoms with E-state index in [1.807, 2.05) is 19.3 Å². The lowest BCUT2D eigenvalue weighted by Crippen LogP contribution is -2.45. The molecule has 4 bridgehead atoms. The van der Waals surface area contributed by atoms with E-state index in [2.05, 4.69) is 10.3 Å². The summed E-state index contributed by atoms with van der Waals surface area (Å²) in [7, 11) is 1.97. The van der Waals surface area contributed by atoms with Crippen LogP contribution in [-0.2, 0) is 13.0 Å². The largest absolute Gasteiger partial charge is 0.314 e. The minimum absolute atomic E-state index is 0.844. The molecule has 3 heteroatoms. The van der Waals surface area contributed by atoms with Gasteiger partial charge in [-0.15, -0.1) is 0 Å².